The molecule has 1 aliphatic carbocycles. The van der Waals surface area contributed by atoms with Crippen LogP contribution in [-0.4, -0.2) is 5.78 Å². The Balaban J connectivity index is 1.61. The highest BCUT2D eigenvalue weighted by Gasteiger charge is 2.37. The number of carbonyl (C=O) groups excluding carboxylic acids is 1. The molecule has 28 heavy (non-hydrogen) atoms. The molecule has 2 aromatic rings. The second-order valence-corrected chi connectivity index (χ2v) is 6.88. The fraction of sp³-hybridized carbons (Fsp3) is 0.217. The molecule has 1 atom stereocenters. The van der Waals surface area contributed by atoms with Crippen LogP contribution in [0.2, 0.25) is 0 Å². The van der Waals surface area contributed by atoms with Crippen LogP contribution in [0.4, 0.5) is 0 Å². The Morgan fingerprint density at radius 3 is 2.57 bits per heavy atom. The summed E-state index contributed by atoms with van der Waals surface area (Å²) in [6, 6.07) is 19.5. The van der Waals surface area contributed by atoms with Crippen molar-refractivity contribution in [3.05, 3.63) is 88.5 Å². The minimum Gasteiger partial charge on any atom is -0.489 e. The molecule has 0 saturated heterocycles. The Morgan fingerprint density at radius 2 is 1.86 bits per heavy atom. The normalized spacial score (nSPS) is 19.0. The summed E-state index contributed by atoms with van der Waals surface area (Å²) in [5.74, 6) is 0.951. The molecule has 4 rings (SSSR count). The Morgan fingerprint density at radius 1 is 1.11 bits per heavy atom. The van der Waals surface area contributed by atoms with Crippen LogP contribution in [0.15, 0.2) is 77.4 Å². The van der Waals surface area contributed by atoms with Gasteiger partial charge in [-0.2, -0.15) is 5.26 Å². The van der Waals surface area contributed by atoms with Crippen molar-refractivity contribution in [1.82, 2.24) is 0 Å². The van der Waals surface area contributed by atoms with Crippen LogP contribution in [-0.2, 0) is 16.1 Å². The Labute approximate surface area is 163 Å². The number of Topliss-reactive ketones (excluding diaryl/α,β-unsaturated/α-hetero) is 1. The molecule has 0 radical (unpaired) electrons. The lowest BCUT2D eigenvalue weighted by Gasteiger charge is -2.31. The predicted octanol–water partition coefficient (Wildman–Crippen LogP) is 4.08. The van der Waals surface area contributed by atoms with Crippen molar-refractivity contribution < 1.29 is 14.3 Å². The molecule has 0 saturated carbocycles. The third kappa shape index (κ3) is 3.37. The third-order valence-corrected chi connectivity index (χ3v) is 5.07. The van der Waals surface area contributed by atoms with Crippen molar-refractivity contribution in [2.45, 2.75) is 31.8 Å². The Hall–Kier alpha value is -3.52. The second kappa shape index (κ2) is 7.61. The van der Waals surface area contributed by atoms with Gasteiger partial charge in [-0.3, -0.25) is 4.79 Å². The number of hydrogen-bond donors (Lipinski definition) is 1. The van der Waals surface area contributed by atoms with Crippen LogP contribution < -0.4 is 10.5 Å². The van der Waals surface area contributed by atoms with E-state index in [4.69, 9.17) is 15.2 Å². The predicted molar refractivity (Wildman–Crippen MR) is 104 cm³/mol. The molecule has 0 bridgehead atoms. The Bertz CT molecular complexity index is 998. The number of allylic oxidation sites excluding steroid dienone is 3. The first kappa shape index (κ1) is 17.9. The zero-order valence-corrected chi connectivity index (χ0v) is 15.4. The number of carbonyl (C=O) groups is 1. The maximum atomic E-state index is 12.6. The van der Waals surface area contributed by atoms with E-state index in [1.807, 2.05) is 54.6 Å². The minimum absolute atomic E-state index is 0.0240. The number of nitrogens with two attached hydrogens (primary N) is 1. The summed E-state index contributed by atoms with van der Waals surface area (Å²) >= 11 is 0. The molecule has 1 aliphatic heterocycles. The van der Waals surface area contributed by atoms with E-state index in [0.29, 0.717) is 30.8 Å². The van der Waals surface area contributed by atoms with Gasteiger partial charge in [0.25, 0.3) is 0 Å². The topological polar surface area (TPSA) is 85.3 Å². The van der Waals surface area contributed by atoms with Gasteiger partial charge in [0.15, 0.2) is 5.78 Å². The summed E-state index contributed by atoms with van der Waals surface area (Å²) in [7, 11) is 0. The van der Waals surface area contributed by atoms with Crippen LogP contribution in [0.1, 0.15) is 36.3 Å². The van der Waals surface area contributed by atoms with Crippen LogP contribution in [0.5, 0.6) is 5.75 Å². The van der Waals surface area contributed by atoms with Gasteiger partial charge in [0.2, 0.25) is 5.88 Å². The second-order valence-electron chi connectivity index (χ2n) is 6.88. The van der Waals surface area contributed by atoms with E-state index in [2.05, 4.69) is 6.07 Å². The first-order valence-electron chi connectivity index (χ1n) is 9.28. The molecule has 2 N–H and O–H groups in total. The minimum atomic E-state index is -0.482. The summed E-state index contributed by atoms with van der Waals surface area (Å²) in [5.41, 5.74) is 8.74. The third-order valence-electron chi connectivity index (χ3n) is 5.07. The number of ketones is 1. The van der Waals surface area contributed by atoms with Crippen LogP contribution in [0.3, 0.4) is 0 Å². The highest BCUT2D eigenvalue weighted by molar-refractivity contribution is 5.99. The van der Waals surface area contributed by atoms with Gasteiger partial charge >= 0.3 is 0 Å². The van der Waals surface area contributed by atoms with Gasteiger partial charge in [0.1, 0.15) is 29.8 Å². The summed E-state index contributed by atoms with van der Waals surface area (Å²) in [5, 5.41) is 9.61. The quantitative estimate of drug-likeness (QED) is 0.874. The molecule has 2 aromatic carbocycles. The molecule has 0 fully saturated rings. The van der Waals surface area contributed by atoms with Gasteiger partial charge in [-0.1, -0.05) is 42.5 Å². The summed E-state index contributed by atoms with van der Waals surface area (Å²) in [6.45, 7) is 0.474. The molecule has 1 unspecified atom stereocenters. The lowest BCUT2D eigenvalue weighted by molar-refractivity contribution is -0.116. The highest BCUT2D eigenvalue weighted by Crippen LogP contribution is 2.43. The van der Waals surface area contributed by atoms with Gasteiger partial charge in [0, 0.05) is 18.4 Å². The molecule has 2 aliphatic rings. The molecule has 140 valence electrons. The van der Waals surface area contributed by atoms with Crippen molar-refractivity contribution in [3.8, 4) is 11.8 Å². The fourth-order valence-corrected chi connectivity index (χ4v) is 3.69. The fourth-order valence-electron chi connectivity index (χ4n) is 3.69. The zero-order chi connectivity index (χ0) is 19.5. The van der Waals surface area contributed by atoms with E-state index in [0.717, 1.165) is 23.3 Å². The standard InChI is InChI=1S/C23H20N2O3/c24-13-18-21(22-19(26)7-4-8-20(22)28-23(18)25)16-9-11-17(12-10-16)27-14-15-5-2-1-3-6-15/h1-3,5-6,9-12,21H,4,7-8,14,25H2. The monoisotopic (exact) mass is 372 g/mol. The number of nitrogens with zero attached hydrogens (tertiary/aromatic N) is 1. The molecule has 0 amide bonds. The van der Waals surface area contributed by atoms with Crippen molar-refractivity contribution in [2.24, 2.45) is 5.73 Å². The average Bonchev–Trinajstić information content (AvgIpc) is 2.73. The van der Waals surface area contributed by atoms with E-state index in [9.17, 15) is 10.1 Å². The number of rotatable bonds is 4. The summed E-state index contributed by atoms with van der Waals surface area (Å²) < 4.78 is 11.4. The first-order valence-corrected chi connectivity index (χ1v) is 9.28. The van der Waals surface area contributed by atoms with E-state index < -0.39 is 5.92 Å². The van der Waals surface area contributed by atoms with Crippen molar-refractivity contribution >= 4 is 5.78 Å². The van der Waals surface area contributed by atoms with E-state index in [1.165, 1.54) is 0 Å². The zero-order valence-electron chi connectivity index (χ0n) is 15.4. The summed E-state index contributed by atoms with van der Waals surface area (Å²) in [6.07, 6.45) is 1.87. The van der Waals surface area contributed by atoms with Crippen LogP contribution in [0, 0.1) is 11.3 Å². The number of nitriles is 1. The van der Waals surface area contributed by atoms with Gasteiger partial charge in [-0.15, -0.1) is 0 Å². The first-order chi connectivity index (χ1) is 13.7. The molecule has 5 nitrogen and oxygen atoms in total. The van der Waals surface area contributed by atoms with Crippen molar-refractivity contribution in [2.75, 3.05) is 0 Å². The van der Waals surface area contributed by atoms with E-state index >= 15 is 0 Å². The molecule has 5 heteroatoms. The van der Waals surface area contributed by atoms with Crippen LogP contribution in [0.25, 0.3) is 0 Å². The van der Waals surface area contributed by atoms with Crippen molar-refractivity contribution in [3.63, 3.8) is 0 Å². The molecular weight excluding hydrogens is 352 g/mol. The van der Waals surface area contributed by atoms with E-state index in [1.54, 1.807) is 0 Å². The number of ether oxygens (including phenoxy) is 2. The summed E-state index contributed by atoms with van der Waals surface area (Å²) in [4.78, 5) is 12.6. The van der Waals surface area contributed by atoms with Gasteiger partial charge in [-0.05, 0) is 29.7 Å². The average molecular weight is 372 g/mol. The SMILES string of the molecule is N#CC1=C(N)OC2=C(C(=O)CCC2)C1c1ccc(OCc2ccccc2)cc1. The maximum absolute atomic E-state index is 12.6. The lowest BCUT2D eigenvalue weighted by Crippen LogP contribution is -2.27. The van der Waals surface area contributed by atoms with E-state index in [-0.39, 0.29) is 17.2 Å². The molecular formula is C23H20N2O3. The maximum Gasteiger partial charge on any atom is 0.205 e. The number of hydrogen-bond acceptors (Lipinski definition) is 5. The van der Waals surface area contributed by atoms with Crippen molar-refractivity contribution in [1.29, 1.82) is 5.26 Å². The largest absolute Gasteiger partial charge is 0.489 e. The van der Waals surface area contributed by atoms with Gasteiger partial charge in [0.05, 0.1) is 5.92 Å². The van der Waals surface area contributed by atoms with Gasteiger partial charge < -0.3 is 15.2 Å². The molecule has 0 spiro atoms. The smallest absolute Gasteiger partial charge is 0.205 e. The number of benzene rings is 2. The molecule has 1 heterocycles. The highest BCUT2D eigenvalue weighted by atomic mass is 16.5. The molecule has 0 aromatic heterocycles. The van der Waals surface area contributed by atoms with Gasteiger partial charge in [-0.25, -0.2) is 0 Å². The lowest BCUT2D eigenvalue weighted by atomic mass is 9.77. The Kier molecular flexibility index (Phi) is 4.86. The van der Waals surface area contributed by atoms with Crippen LogP contribution >= 0.6 is 0 Å².